The van der Waals surface area contributed by atoms with E-state index >= 15 is 0 Å². The van der Waals surface area contributed by atoms with E-state index in [0.29, 0.717) is 12.0 Å². The van der Waals surface area contributed by atoms with Crippen molar-refractivity contribution in [3.63, 3.8) is 0 Å². The van der Waals surface area contributed by atoms with Crippen LogP contribution < -0.4 is 10.6 Å². The van der Waals surface area contributed by atoms with E-state index in [1.807, 2.05) is 0 Å². The number of carbonyl (C=O) groups excluding carboxylic acids is 1. The molecule has 2 N–H and O–H groups in total. The van der Waals surface area contributed by atoms with E-state index in [-0.39, 0.29) is 5.91 Å². The fourth-order valence-electron chi connectivity index (χ4n) is 2.05. The summed E-state index contributed by atoms with van der Waals surface area (Å²) in [5.41, 5.74) is 0. The third kappa shape index (κ3) is 3.29. The Balaban J connectivity index is 1.50. The molecule has 0 aromatic rings. The first-order valence-electron chi connectivity index (χ1n) is 5.84. The monoisotopic (exact) mass is 196 g/mol. The van der Waals surface area contributed by atoms with Crippen molar-refractivity contribution in [3.05, 3.63) is 0 Å². The molecule has 1 atom stereocenters. The highest BCUT2D eigenvalue weighted by atomic mass is 16.1. The molecule has 1 heterocycles. The normalized spacial score (nSPS) is 26.4. The zero-order valence-corrected chi connectivity index (χ0v) is 8.72. The minimum absolute atomic E-state index is 0.255. The van der Waals surface area contributed by atoms with Crippen LogP contribution in [0, 0.1) is 5.92 Å². The van der Waals surface area contributed by atoms with Gasteiger partial charge < -0.3 is 10.6 Å². The summed E-state index contributed by atoms with van der Waals surface area (Å²) in [6.07, 6.45) is 6.95. The number of amides is 1. The van der Waals surface area contributed by atoms with Gasteiger partial charge in [-0.3, -0.25) is 4.79 Å². The van der Waals surface area contributed by atoms with E-state index < -0.39 is 0 Å². The van der Waals surface area contributed by atoms with E-state index in [0.717, 1.165) is 25.9 Å². The maximum Gasteiger partial charge on any atom is 0.220 e. The third-order valence-corrected chi connectivity index (χ3v) is 3.15. The summed E-state index contributed by atoms with van der Waals surface area (Å²) in [7, 11) is 0. The fourth-order valence-corrected chi connectivity index (χ4v) is 2.05. The molecule has 0 radical (unpaired) electrons. The van der Waals surface area contributed by atoms with Crippen molar-refractivity contribution >= 4 is 5.91 Å². The van der Waals surface area contributed by atoms with E-state index in [1.54, 1.807) is 0 Å². The van der Waals surface area contributed by atoms with Gasteiger partial charge in [-0.2, -0.15) is 0 Å². The Morgan fingerprint density at radius 2 is 2.21 bits per heavy atom. The van der Waals surface area contributed by atoms with Crippen LogP contribution in [0.2, 0.25) is 0 Å². The molecule has 3 heteroatoms. The van der Waals surface area contributed by atoms with Gasteiger partial charge in [0, 0.05) is 19.0 Å². The lowest BCUT2D eigenvalue weighted by Gasteiger charge is -2.10. The molecule has 1 saturated carbocycles. The van der Waals surface area contributed by atoms with Gasteiger partial charge >= 0.3 is 0 Å². The highest BCUT2D eigenvalue weighted by Crippen LogP contribution is 2.31. The van der Waals surface area contributed by atoms with Gasteiger partial charge in [0.25, 0.3) is 0 Å². The summed E-state index contributed by atoms with van der Waals surface area (Å²) in [4.78, 5) is 11.3. The van der Waals surface area contributed by atoms with Crippen molar-refractivity contribution in [2.24, 2.45) is 5.92 Å². The van der Waals surface area contributed by atoms with Crippen molar-refractivity contribution in [3.8, 4) is 0 Å². The van der Waals surface area contributed by atoms with E-state index in [2.05, 4.69) is 10.6 Å². The van der Waals surface area contributed by atoms with Crippen LogP contribution >= 0.6 is 0 Å². The molecule has 0 aromatic carbocycles. The highest BCUT2D eigenvalue weighted by molar-refractivity contribution is 5.76. The fraction of sp³-hybridized carbons (Fsp3) is 0.909. The molecule has 0 aromatic heterocycles. The molecular weight excluding hydrogens is 176 g/mol. The Morgan fingerprint density at radius 3 is 2.86 bits per heavy atom. The SMILES string of the molecule is O=C(CC1CC1)NCCC1CCCN1. The maximum absolute atomic E-state index is 11.3. The Kier molecular flexibility index (Phi) is 3.40. The van der Waals surface area contributed by atoms with Gasteiger partial charge in [0.05, 0.1) is 0 Å². The second-order valence-corrected chi connectivity index (χ2v) is 4.58. The first kappa shape index (κ1) is 9.97. The lowest BCUT2D eigenvalue weighted by molar-refractivity contribution is -0.121. The van der Waals surface area contributed by atoms with Gasteiger partial charge in [-0.25, -0.2) is 0 Å². The van der Waals surface area contributed by atoms with Crippen LogP contribution in [0.1, 0.15) is 38.5 Å². The van der Waals surface area contributed by atoms with Gasteiger partial charge in [0.15, 0.2) is 0 Å². The molecule has 0 spiro atoms. The van der Waals surface area contributed by atoms with E-state index in [1.165, 1.54) is 25.7 Å². The first-order valence-corrected chi connectivity index (χ1v) is 5.84. The smallest absolute Gasteiger partial charge is 0.220 e. The molecule has 1 aliphatic carbocycles. The zero-order chi connectivity index (χ0) is 9.80. The molecular formula is C11H20N2O. The summed E-state index contributed by atoms with van der Waals surface area (Å²) < 4.78 is 0. The molecule has 0 bridgehead atoms. The average Bonchev–Trinajstić information content (AvgIpc) is 2.82. The number of rotatable bonds is 5. The van der Waals surface area contributed by atoms with Crippen LogP contribution in [-0.2, 0) is 4.79 Å². The lowest BCUT2D eigenvalue weighted by atomic mass is 10.1. The minimum atomic E-state index is 0.255. The van der Waals surface area contributed by atoms with Gasteiger partial charge in [-0.05, 0) is 44.6 Å². The van der Waals surface area contributed by atoms with Crippen LogP contribution in [0.3, 0.4) is 0 Å². The lowest BCUT2D eigenvalue weighted by Crippen LogP contribution is -2.30. The molecule has 14 heavy (non-hydrogen) atoms. The largest absolute Gasteiger partial charge is 0.356 e. The predicted octanol–water partition coefficient (Wildman–Crippen LogP) is 1.04. The summed E-state index contributed by atoms with van der Waals surface area (Å²) in [6, 6.07) is 0.649. The van der Waals surface area contributed by atoms with Crippen molar-refractivity contribution in [1.29, 1.82) is 0 Å². The highest BCUT2D eigenvalue weighted by Gasteiger charge is 2.24. The maximum atomic E-state index is 11.3. The van der Waals surface area contributed by atoms with Gasteiger partial charge in [-0.1, -0.05) is 0 Å². The summed E-state index contributed by atoms with van der Waals surface area (Å²) >= 11 is 0. The van der Waals surface area contributed by atoms with Gasteiger partial charge in [-0.15, -0.1) is 0 Å². The Bertz CT molecular complexity index is 195. The summed E-state index contributed by atoms with van der Waals surface area (Å²) in [5, 5.41) is 6.43. The number of carbonyl (C=O) groups is 1. The number of hydrogen-bond donors (Lipinski definition) is 2. The third-order valence-electron chi connectivity index (χ3n) is 3.15. The molecule has 1 saturated heterocycles. The minimum Gasteiger partial charge on any atom is -0.356 e. The quantitative estimate of drug-likeness (QED) is 0.690. The summed E-state index contributed by atoms with van der Waals surface area (Å²) in [5.74, 6) is 0.963. The van der Waals surface area contributed by atoms with E-state index in [9.17, 15) is 4.79 Å². The van der Waals surface area contributed by atoms with E-state index in [4.69, 9.17) is 0 Å². The van der Waals surface area contributed by atoms with Crippen molar-refractivity contribution < 1.29 is 4.79 Å². The molecule has 1 unspecified atom stereocenters. The van der Waals surface area contributed by atoms with Crippen LogP contribution in [0.4, 0.5) is 0 Å². The Morgan fingerprint density at radius 1 is 1.36 bits per heavy atom. The molecule has 3 nitrogen and oxygen atoms in total. The molecule has 2 fully saturated rings. The number of hydrogen-bond acceptors (Lipinski definition) is 2. The van der Waals surface area contributed by atoms with Crippen LogP contribution in [0.15, 0.2) is 0 Å². The second-order valence-electron chi connectivity index (χ2n) is 4.58. The topological polar surface area (TPSA) is 41.1 Å². The first-order chi connectivity index (χ1) is 6.84. The standard InChI is InChI=1S/C11H20N2O/c14-11(8-9-3-4-9)13-7-5-10-2-1-6-12-10/h9-10,12H,1-8H2,(H,13,14). The molecule has 1 amide bonds. The Labute approximate surface area is 85.6 Å². The number of nitrogens with one attached hydrogen (secondary N) is 2. The Hall–Kier alpha value is -0.570. The average molecular weight is 196 g/mol. The molecule has 2 rings (SSSR count). The zero-order valence-electron chi connectivity index (χ0n) is 8.72. The van der Waals surface area contributed by atoms with Crippen molar-refractivity contribution in [2.45, 2.75) is 44.6 Å². The van der Waals surface area contributed by atoms with Crippen LogP contribution in [-0.4, -0.2) is 25.0 Å². The van der Waals surface area contributed by atoms with Gasteiger partial charge in [0.2, 0.25) is 5.91 Å². The molecule has 1 aliphatic heterocycles. The van der Waals surface area contributed by atoms with Crippen LogP contribution in [0.25, 0.3) is 0 Å². The second kappa shape index (κ2) is 4.78. The molecule has 80 valence electrons. The van der Waals surface area contributed by atoms with Gasteiger partial charge in [0.1, 0.15) is 0 Å². The van der Waals surface area contributed by atoms with Crippen molar-refractivity contribution in [1.82, 2.24) is 10.6 Å². The predicted molar refractivity (Wildman–Crippen MR) is 56.0 cm³/mol. The van der Waals surface area contributed by atoms with Crippen molar-refractivity contribution in [2.75, 3.05) is 13.1 Å². The van der Waals surface area contributed by atoms with Crippen LogP contribution in [0.5, 0.6) is 0 Å². The summed E-state index contributed by atoms with van der Waals surface area (Å²) in [6.45, 7) is 2.00. The molecule has 2 aliphatic rings.